The van der Waals surface area contributed by atoms with Crippen LogP contribution in [0, 0.1) is 0 Å². The van der Waals surface area contributed by atoms with Gasteiger partial charge in [-0.3, -0.25) is 14.1 Å². The number of rotatable bonds is 4. The second-order valence-electron chi connectivity index (χ2n) is 3.01. The summed E-state index contributed by atoms with van der Waals surface area (Å²) in [7, 11) is -7.02. The number of nitrogens with zero attached hydrogens (tertiary/aromatic N) is 1. The predicted molar refractivity (Wildman–Crippen MR) is 55.3 cm³/mol. The Morgan fingerprint density at radius 3 is 2.33 bits per heavy atom. The molecule has 0 saturated carbocycles. The minimum atomic E-state index is -3.51. The summed E-state index contributed by atoms with van der Waals surface area (Å²) in [5.74, 6) is 0. The highest BCUT2D eigenvalue weighted by atomic mass is 31.2. The second-order valence-corrected chi connectivity index (χ2v) is 6.38. The van der Waals surface area contributed by atoms with E-state index in [-0.39, 0.29) is 6.42 Å². The number of hydrogen-bond acceptors (Lipinski definition) is 4. The summed E-state index contributed by atoms with van der Waals surface area (Å²) in [4.78, 5) is 21.4. The first-order valence-corrected chi connectivity index (χ1v) is 6.76. The molecule has 1 rings (SSSR count). The van der Waals surface area contributed by atoms with Crippen LogP contribution in [0.5, 0.6) is 0 Å². The first-order valence-electron chi connectivity index (χ1n) is 4.05. The van der Waals surface area contributed by atoms with Gasteiger partial charge in [-0.15, -0.1) is 0 Å². The van der Waals surface area contributed by atoms with E-state index in [4.69, 9.17) is 9.79 Å². The van der Waals surface area contributed by atoms with E-state index in [0.29, 0.717) is 5.56 Å². The molecule has 15 heavy (non-hydrogen) atoms. The van der Waals surface area contributed by atoms with Crippen molar-refractivity contribution in [3.8, 4) is 0 Å². The lowest BCUT2D eigenvalue weighted by Gasteiger charge is -2.21. The van der Waals surface area contributed by atoms with Gasteiger partial charge in [0, 0.05) is 18.8 Å². The van der Waals surface area contributed by atoms with E-state index >= 15 is 0 Å². The molecule has 0 aliphatic rings. The third-order valence-corrected chi connectivity index (χ3v) is 4.94. The lowest BCUT2D eigenvalue weighted by molar-refractivity contribution is 0.183. The quantitative estimate of drug-likeness (QED) is 0.660. The predicted octanol–water partition coefficient (Wildman–Crippen LogP) is 0.204. The van der Waals surface area contributed by atoms with Crippen LogP contribution in [0.3, 0.4) is 0 Å². The van der Waals surface area contributed by atoms with Gasteiger partial charge in [-0.1, -0.05) is 6.07 Å². The van der Waals surface area contributed by atoms with E-state index in [0.717, 1.165) is 0 Å². The highest BCUT2D eigenvalue weighted by Gasteiger charge is 2.39. The lowest BCUT2D eigenvalue weighted by atomic mass is 10.2. The average Bonchev–Trinajstić information content (AvgIpc) is 2.18. The fraction of sp³-hybridized carbons (Fsp3) is 0.286. The van der Waals surface area contributed by atoms with Crippen LogP contribution in [0.4, 0.5) is 0 Å². The zero-order chi connectivity index (χ0) is 11.5. The van der Waals surface area contributed by atoms with Crippen molar-refractivity contribution in [3.63, 3.8) is 0 Å². The van der Waals surface area contributed by atoms with Crippen LogP contribution in [-0.2, 0) is 15.6 Å². The minimum Gasteiger partial charge on any atom is -0.371 e. The van der Waals surface area contributed by atoms with Crippen molar-refractivity contribution in [2.75, 3.05) is 0 Å². The monoisotopic (exact) mass is 251 g/mol. The van der Waals surface area contributed by atoms with Gasteiger partial charge in [0.05, 0.1) is 0 Å². The van der Waals surface area contributed by atoms with Crippen LogP contribution < -0.4 is 0 Å². The zero-order valence-corrected chi connectivity index (χ0v) is 9.62. The molecule has 0 fully saturated rings. The maximum Gasteiger partial charge on any atom is 0.229 e. The van der Waals surface area contributed by atoms with E-state index in [2.05, 4.69) is 4.98 Å². The third kappa shape index (κ3) is 2.97. The molecule has 0 saturated heterocycles. The Hall–Kier alpha value is -0.510. The number of aromatic nitrogens is 1. The fourth-order valence-corrected chi connectivity index (χ4v) is 2.48. The van der Waals surface area contributed by atoms with Crippen LogP contribution in [0.15, 0.2) is 24.5 Å². The third-order valence-electron chi connectivity index (χ3n) is 1.89. The smallest absolute Gasteiger partial charge is 0.229 e. The minimum absolute atomic E-state index is 0.358. The fourth-order valence-electron chi connectivity index (χ4n) is 1.04. The van der Waals surface area contributed by atoms with Crippen molar-refractivity contribution in [1.29, 1.82) is 0 Å². The molecule has 1 aromatic rings. The maximum atomic E-state index is 10.8. The van der Waals surface area contributed by atoms with Crippen LogP contribution in [0.1, 0.15) is 5.56 Å². The van der Waals surface area contributed by atoms with Gasteiger partial charge in [0.25, 0.3) is 0 Å². The van der Waals surface area contributed by atoms with Gasteiger partial charge in [-0.2, -0.15) is 0 Å². The Morgan fingerprint density at radius 1 is 1.33 bits per heavy atom. The molecule has 6 nitrogen and oxygen atoms in total. The van der Waals surface area contributed by atoms with Gasteiger partial charge < -0.3 is 14.9 Å². The normalized spacial score (nSPS) is 19.1. The van der Waals surface area contributed by atoms with Crippen molar-refractivity contribution >= 4 is 16.1 Å². The van der Waals surface area contributed by atoms with Gasteiger partial charge in [0.15, 0.2) is 0 Å². The van der Waals surface area contributed by atoms with Crippen molar-refractivity contribution in [3.05, 3.63) is 30.1 Å². The molecule has 0 aliphatic heterocycles. The van der Waals surface area contributed by atoms with E-state index in [1.165, 1.54) is 12.4 Å². The summed E-state index contributed by atoms with van der Waals surface area (Å²) in [6.45, 7) is 0. The molecule has 8 heteroatoms. The van der Waals surface area contributed by atoms with Crippen molar-refractivity contribution < 1.29 is 24.0 Å². The number of aliphatic hydroxyl groups is 1. The standard InChI is InChI=1S/C7H11NO5P2/c9-7(14(10)11,15(12)13)4-6-2-1-3-8-5-6/h1-3,5,9,14-15H,4H2,(H,10,11)(H,12,13). The lowest BCUT2D eigenvalue weighted by Crippen LogP contribution is -2.22. The van der Waals surface area contributed by atoms with Crippen LogP contribution >= 0.6 is 16.1 Å². The van der Waals surface area contributed by atoms with E-state index in [1.54, 1.807) is 12.1 Å². The topological polar surface area (TPSA) is 108 Å². The van der Waals surface area contributed by atoms with Crippen molar-refractivity contribution in [2.45, 2.75) is 11.5 Å². The molecule has 1 heterocycles. The molecule has 0 spiro atoms. The van der Waals surface area contributed by atoms with Crippen molar-refractivity contribution in [2.24, 2.45) is 0 Å². The molecular formula is C7H11NO5P2. The Bertz CT molecular complexity index is 368. The molecule has 0 radical (unpaired) electrons. The molecule has 0 amide bonds. The molecule has 2 atom stereocenters. The zero-order valence-electron chi connectivity index (χ0n) is 7.62. The number of hydrogen-bond donors (Lipinski definition) is 3. The highest BCUT2D eigenvalue weighted by molar-refractivity contribution is 7.59. The number of pyridine rings is 1. The maximum absolute atomic E-state index is 10.8. The first kappa shape index (κ1) is 12.6. The largest absolute Gasteiger partial charge is 0.371 e. The molecule has 1 aromatic heterocycles. The van der Waals surface area contributed by atoms with Crippen LogP contribution in [-0.4, -0.2) is 25.0 Å². The molecule has 0 bridgehead atoms. The Morgan fingerprint density at radius 2 is 1.93 bits per heavy atom. The first-order chi connectivity index (χ1) is 6.97. The summed E-state index contributed by atoms with van der Waals surface area (Å²) in [5.41, 5.74) is 0.430. The molecule has 3 N–H and O–H groups in total. The van der Waals surface area contributed by atoms with Crippen LogP contribution in [0.25, 0.3) is 0 Å². The van der Waals surface area contributed by atoms with E-state index in [9.17, 15) is 14.2 Å². The Labute approximate surface area is 87.3 Å². The second kappa shape index (κ2) is 5.01. The Balaban J connectivity index is 2.95. The SMILES string of the molecule is O=[PH](O)C(O)(Cc1cccnc1)[PH](=O)O. The molecule has 84 valence electrons. The summed E-state index contributed by atoms with van der Waals surface area (Å²) in [5, 5.41) is 7.12. The Kier molecular flexibility index (Phi) is 4.20. The van der Waals surface area contributed by atoms with Gasteiger partial charge >= 0.3 is 0 Å². The molecule has 0 aliphatic carbocycles. The van der Waals surface area contributed by atoms with Gasteiger partial charge in [0.2, 0.25) is 21.1 Å². The summed E-state index contributed by atoms with van der Waals surface area (Å²) < 4.78 is 21.7. The van der Waals surface area contributed by atoms with Crippen LogP contribution in [0.2, 0.25) is 0 Å². The highest BCUT2D eigenvalue weighted by Crippen LogP contribution is 2.51. The molecule has 0 aromatic carbocycles. The van der Waals surface area contributed by atoms with Gasteiger partial charge in [-0.05, 0) is 11.6 Å². The van der Waals surface area contributed by atoms with Crippen molar-refractivity contribution in [1.82, 2.24) is 4.98 Å². The molecule has 2 unspecified atom stereocenters. The van der Waals surface area contributed by atoms with Gasteiger partial charge in [0.1, 0.15) is 0 Å². The molecular weight excluding hydrogens is 240 g/mol. The van der Waals surface area contributed by atoms with Gasteiger partial charge in [-0.25, -0.2) is 0 Å². The van der Waals surface area contributed by atoms with E-state index in [1.807, 2.05) is 0 Å². The average molecular weight is 251 g/mol. The van der Waals surface area contributed by atoms with E-state index < -0.39 is 21.1 Å². The summed E-state index contributed by atoms with van der Waals surface area (Å²) in [6, 6.07) is 3.12. The summed E-state index contributed by atoms with van der Waals surface area (Å²) >= 11 is 0. The summed E-state index contributed by atoms with van der Waals surface area (Å²) in [6.07, 6.45) is 2.50.